The van der Waals surface area contributed by atoms with Crippen molar-refractivity contribution < 1.29 is 19.4 Å². The molecule has 1 atom stereocenters. The van der Waals surface area contributed by atoms with E-state index in [9.17, 15) is 9.59 Å². The number of carbonyl (C=O) groups excluding carboxylic acids is 1. The fraction of sp³-hybridized carbons (Fsp3) is 0.500. The Labute approximate surface area is 124 Å². The van der Waals surface area contributed by atoms with Crippen molar-refractivity contribution in [3.05, 3.63) is 29.8 Å². The van der Waals surface area contributed by atoms with E-state index in [4.69, 9.17) is 9.84 Å². The van der Waals surface area contributed by atoms with Gasteiger partial charge in [-0.05, 0) is 43.9 Å². The van der Waals surface area contributed by atoms with Gasteiger partial charge in [0, 0.05) is 12.5 Å². The molecule has 1 unspecified atom stereocenters. The van der Waals surface area contributed by atoms with Crippen LogP contribution in [0.25, 0.3) is 0 Å². The molecule has 1 N–H and O–H groups in total. The first-order chi connectivity index (χ1) is 10.0. The van der Waals surface area contributed by atoms with Crippen molar-refractivity contribution in [1.29, 1.82) is 0 Å². The number of hydrogen-bond donors (Lipinski definition) is 1. The second kappa shape index (κ2) is 6.61. The van der Waals surface area contributed by atoms with E-state index in [-0.39, 0.29) is 11.9 Å². The van der Waals surface area contributed by atoms with Crippen LogP contribution >= 0.6 is 0 Å². The Morgan fingerprint density at radius 3 is 2.71 bits per heavy atom. The van der Waals surface area contributed by atoms with Crippen LogP contribution in [-0.4, -0.2) is 41.1 Å². The average molecular weight is 291 g/mol. The maximum absolute atomic E-state index is 12.3. The number of benzene rings is 1. The molecule has 0 bridgehead atoms. The first-order valence-electron chi connectivity index (χ1n) is 7.20. The second-order valence-electron chi connectivity index (χ2n) is 5.40. The predicted octanol–water partition coefficient (Wildman–Crippen LogP) is 2.09. The third-order valence-electron chi connectivity index (χ3n) is 3.76. The van der Waals surface area contributed by atoms with E-state index in [1.54, 1.807) is 14.0 Å². The van der Waals surface area contributed by atoms with Gasteiger partial charge in [0.05, 0.1) is 7.11 Å². The van der Waals surface area contributed by atoms with Crippen molar-refractivity contribution in [2.45, 2.75) is 44.7 Å². The van der Waals surface area contributed by atoms with Crippen molar-refractivity contribution in [3.63, 3.8) is 0 Å². The summed E-state index contributed by atoms with van der Waals surface area (Å²) in [6, 6.07) is 6.93. The maximum Gasteiger partial charge on any atom is 0.326 e. The summed E-state index contributed by atoms with van der Waals surface area (Å²) in [6.45, 7) is 1.57. The zero-order valence-corrected chi connectivity index (χ0v) is 12.4. The van der Waals surface area contributed by atoms with Gasteiger partial charge in [0.25, 0.3) is 0 Å². The van der Waals surface area contributed by atoms with E-state index in [1.165, 1.54) is 4.90 Å². The van der Waals surface area contributed by atoms with Crippen LogP contribution in [0.2, 0.25) is 0 Å². The van der Waals surface area contributed by atoms with Gasteiger partial charge < -0.3 is 14.7 Å². The molecule has 0 heterocycles. The molecule has 0 saturated heterocycles. The number of carboxylic acids is 1. The van der Waals surface area contributed by atoms with Gasteiger partial charge in [-0.1, -0.05) is 12.1 Å². The number of nitrogens with zero attached hydrogens (tertiary/aromatic N) is 1. The van der Waals surface area contributed by atoms with Gasteiger partial charge in [0.1, 0.15) is 11.8 Å². The van der Waals surface area contributed by atoms with Crippen LogP contribution in [-0.2, 0) is 16.0 Å². The zero-order chi connectivity index (χ0) is 15.4. The smallest absolute Gasteiger partial charge is 0.326 e. The van der Waals surface area contributed by atoms with Crippen molar-refractivity contribution in [2.75, 3.05) is 7.11 Å². The minimum Gasteiger partial charge on any atom is -0.497 e. The van der Waals surface area contributed by atoms with Gasteiger partial charge in [-0.3, -0.25) is 4.79 Å². The Morgan fingerprint density at radius 1 is 1.43 bits per heavy atom. The van der Waals surface area contributed by atoms with E-state index in [2.05, 4.69) is 0 Å². The van der Waals surface area contributed by atoms with Gasteiger partial charge in [-0.2, -0.15) is 0 Å². The monoisotopic (exact) mass is 291 g/mol. The van der Waals surface area contributed by atoms with Crippen LogP contribution < -0.4 is 4.74 Å². The molecule has 0 aromatic heterocycles. The van der Waals surface area contributed by atoms with E-state index in [1.807, 2.05) is 24.3 Å². The Bertz CT molecular complexity index is 525. The quantitative estimate of drug-likeness (QED) is 0.835. The lowest BCUT2D eigenvalue weighted by atomic mass is 10.1. The van der Waals surface area contributed by atoms with Crippen LogP contribution in [0.15, 0.2) is 24.3 Å². The number of methoxy groups -OCH3 is 1. The minimum atomic E-state index is -0.948. The number of hydrogen-bond acceptors (Lipinski definition) is 3. The summed E-state index contributed by atoms with van der Waals surface area (Å²) in [5.41, 5.74) is 1.02. The fourth-order valence-electron chi connectivity index (χ4n) is 2.42. The molecule has 1 saturated carbocycles. The molecular weight excluding hydrogens is 270 g/mol. The number of amides is 1. The molecule has 1 amide bonds. The van der Waals surface area contributed by atoms with Crippen LogP contribution in [0.4, 0.5) is 0 Å². The highest BCUT2D eigenvalue weighted by Crippen LogP contribution is 2.29. The summed E-state index contributed by atoms with van der Waals surface area (Å²) in [4.78, 5) is 25.0. The van der Waals surface area contributed by atoms with E-state index >= 15 is 0 Å². The number of carboxylic acid groups (broad SMARTS) is 1. The van der Waals surface area contributed by atoms with Crippen LogP contribution in [0, 0.1) is 0 Å². The number of rotatable bonds is 7. The molecule has 114 valence electrons. The topological polar surface area (TPSA) is 66.8 Å². The lowest BCUT2D eigenvalue weighted by Crippen LogP contribution is -2.44. The molecule has 1 fully saturated rings. The Hall–Kier alpha value is -2.04. The summed E-state index contributed by atoms with van der Waals surface area (Å²) >= 11 is 0. The molecule has 1 aliphatic rings. The Kier molecular flexibility index (Phi) is 4.83. The molecule has 1 aromatic carbocycles. The fourth-order valence-corrected chi connectivity index (χ4v) is 2.42. The summed E-state index contributed by atoms with van der Waals surface area (Å²) < 4.78 is 5.15. The van der Waals surface area contributed by atoms with Gasteiger partial charge in [0.15, 0.2) is 0 Å². The van der Waals surface area contributed by atoms with E-state index in [0.29, 0.717) is 12.8 Å². The van der Waals surface area contributed by atoms with Crippen LogP contribution in [0.1, 0.15) is 31.7 Å². The molecule has 0 aliphatic heterocycles. The molecular formula is C16H21NO4. The molecule has 21 heavy (non-hydrogen) atoms. The van der Waals surface area contributed by atoms with Crippen molar-refractivity contribution in [2.24, 2.45) is 0 Å². The highest BCUT2D eigenvalue weighted by molar-refractivity contribution is 5.84. The number of carbonyl (C=O) groups is 2. The highest BCUT2D eigenvalue weighted by atomic mass is 16.5. The Morgan fingerprint density at radius 2 is 2.14 bits per heavy atom. The molecule has 1 aromatic rings. The molecule has 0 spiro atoms. The molecule has 5 heteroatoms. The third kappa shape index (κ3) is 3.97. The molecule has 5 nitrogen and oxygen atoms in total. The van der Waals surface area contributed by atoms with Gasteiger partial charge in [-0.25, -0.2) is 4.79 Å². The minimum absolute atomic E-state index is 0.0878. The maximum atomic E-state index is 12.3. The molecule has 2 rings (SSSR count). The highest BCUT2D eigenvalue weighted by Gasteiger charge is 2.37. The zero-order valence-electron chi connectivity index (χ0n) is 12.4. The summed E-state index contributed by atoms with van der Waals surface area (Å²) in [5.74, 6) is -0.273. The van der Waals surface area contributed by atoms with Crippen molar-refractivity contribution in [1.82, 2.24) is 4.90 Å². The van der Waals surface area contributed by atoms with Crippen LogP contribution in [0.3, 0.4) is 0 Å². The van der Waals surface area contributed by atoms with Crippen molar-refractivity contribution in [3.8, 4) is 5.75 Å². The van der Waals surface area contributed by atoms with Crippen molar-refractivity contribution >= 4 is 11.9 Å². The number of ether oxygens (including phenoxy) is 1. The first-order valence-corrected chi connectivity index (χ1v) is 7.20. The van der Waals surface area contributed by atoms with Gasteiger partial charge in [0.2, 0.25) is 5.91 Å². The summed E-state index contributed by atoms with van der Waals surface area (Å²) in [6.07, 6.45) is 2.72. The third-order valence-corrected chi connectivity index (χ3v) is 3.76. The lowest BCUT2D eigenvalue weighted by Gasteiger charge is -2.26. The van der Waals surface area contributed by atoms with E-state index < -0.39 is 12.0 Å². The first kappa shape index (κ1) is 15.4. The largest absolute Gasteiger partial charge is 0.497 e. The average Bonchev–Trinajstić information content (AvgIpc) is 3.30. The Balaban J connectivity index is 1.97. The number of aliphatic carboxylic acids is 1. The van der Waals surface area contributed by atoms with Gasteiger partial charge in [-0.15, -0.1) is 0 Å². The SMILES string of the molecule is COc1cccc(CCC(=O)N(C2CC2)C(C)C(=O)O)c1. The van der Waals surface area contributed by atoms with Crippen LogP contribution in [0.5, 0.6) is 5.75 Å². The summed E-state index contributed by atoms with van der Waals surface area (Å²) in [7, 11) is 1.60. The standard InChI is InChI=1S/C16H21NO4/c1-11(16(19)20)17(13-7-8-13)15(18)9-6-12-4-3-5-14(10-12)21-2/h3-5,10-11,13H,6-9H2,1-2H3,(H,19,20). The molecule has 1 aliphatic carbocycles. The molecule has 0 radical (unpaired) electrons. The second-order valence-corrected chi connectivity index (χ2v) is 5.40. The predicted molar refractivity (Wildman–Crippen MR) is 78.3 cm³/mol. The normalized spacial score (nSPS) is 15.3. The summed E-state index contributed by atoms with van der Waals surface area (Å²) in [5, 5.41) is 9.12. The number of aryl methyl sites for hydroxylation is 1. The van der Waals surface area contributed by atoms with Gasteiger partial charge >= 0.3 is 5.97 Å². The van der Waals surface area contributed by atoms with E-state index in [0.717, 1.165) is 24.2 Å². The lowest BCUT2D eigenvalue weighted by molar-refractivity contribution is -0.150.